The van der Waals surface area contributed by atoms with Crippen LogP contribution < -0.4 is 9.47 Å². The molecule has 0 saturated heterocycles. The largest absolute Gasteiger partial charge is 0.493 e. The van der Waals surface area contributed by atoms with Crippen LogP contribution in [0.5, 0.6) is 11.5 Å². The number of aromatic nitrogens is 2. The van der Waals surface area contributed by atoms with Crippen LogP contribution >= 0.6 is 0 Å². The molecule has 0 radical (unpaired) electrons. The summed E-state index contributed by atoms with van der Waals surface area (Å²) in [5, 5.41) is 8.66. The van der Waals surface area contributed by atoms with Crippen molar-refractivity contribution in [3.63, 3.8) is 0 Å². The minimum absolute atomic E-state index is 0.269. The molecule has 0 saturated carbocycles. The number of pyridine rings is 1. The molecule has 0 unspecified atom stereocenters. The Morgan fingerprint density at radius 2 is 1.73 bits per heavy atom. The maximum atomic E-state index is 13.7. The van der Waals surface area contributed by atoms with E-state index in [1.54, 1.807) is 42.9 Å². The first-order valence-electron chi connectivity index (χ1n) is 8.15. The van der Waals surface area contributed by atoms with Gasteiger partial charge in [-0.2, -0.15) is 0 Å². The van der Waals surface area contributed by atoms with Gasteiger partial charge in [-0.25, -0.2) is 9.37 Å². The maximum absolute atomic E-state index is 13.7. The lowest BCUT2D eigenvalue weighted by molar-refractivity contribution is 0.355. The Kier molecular flexibility index (Phi) is 4.63. The summed E-state index contributed by atoms with van der Waals surface area (Å²) in [6.07, 6.45) is 1.36. The van der Waals surface area contributed by atoms with E-state index < -0.39 is 0 Å². The minimum Gasteiger partial charge on any atom is -0.493 e. The third-order valence-corrected chi connectivity index (χ3v) is 3.89. The number of hydrogen-bond acceptors (Lipinski definition) is 5. The lowest BCUT2D eigenvalue weighted by Gasteiger charge is -2.15. The van der Waals surface area contributed by atoms with Gasteiger partial charge in [0.1, 0.15) is 11.5 Å². The Morgan fingerprint density at radius 3 is 2.38 bits per heavy atom. The highest BCUT2D eigenvalue weighted by Crippen LogP contribution is 2.35. The van der Waals surface area contributed by atoms with E-state index in [4.69, 9.17) is 9.47 Å². The molecule has 0 aliphatic heterocycles. The van der Waals surface area contributed by atoms with Gasteiger partial charge in [0, 0.05) is 17.7 Å². The number of rotatable bonds is 4. The highest BCUT2D eigenvalue weighted by atomic mass is 19.1. The Labute approximate surface area is 151 Å². The highest BCUT2D eigenvalue weighted by Gasteiger charge is 2.24. The number of methoxy groups -OCH3 is 2. The van der Waals surface area contributed by atoms with Gasteiger partial charge in [-0.1, -0.05) is 20.8 Å². The molecule has 3 aromatic rings. The summed E-state index contributed by atoms with van der Waals surface area (Å²) in [6.45, 7) is 6.08. The zero-order valence-corrected chi connectivity index (χ0v) is 15.4. The highest BCUT2D eigenvalue weighted by molar-refractivity contribution is 5.55. The number of benzene rings is 1. The van der Waals surface area contributed by atoms with E-state index in [0.717, 1.165) is 5.69 Å². The Bertz CT molecular complexity index is 974. The second kappa shape index (κ2) is 6.74. The van der Waals surface area contributed by atoms with Crippen LogP contribution in [0.2, 0.25) is 0 Å². The van der Waals surface area contributed by atoms with E-state index in [1.807, 2.05) is 20.8 Å². The summed E-state index contributed by atoms with van der Waals surface area (Å²) in [5.74, 6) is 1.31. The molecule has 1 aromatic carbocycles. The van der Waals surface area contributed by atoms with Crippen molar-refractivity contribution in [3.8, 4) is 11.5 Å². The fraction of sp³-hybridized carbons (Fsp3) is 0.316. The van der Waals surface area contributed by atoms with E-state index >= 15 is 0 Å². The van der Waals surface area contributed by atoms with Gasteiger partial charge in [-0.05, 0) is 24.3 Å². The van der Waals surface area contributed by atoms with Crippen molar-refractivity contribution in [2.24, 2.45) is 10.2 Å². The maximum Gasteiger partial charge on any atom is 0.183 e. The molecule has 0 aliphatic carbocycles. The van der Waals surface area contributed by atoms with Gasteiger partial charge in [-0.3, -0.25) is 4.40 Å². The fourth-order valence-electron chi connectivity index (χ4n) is 2.60. The second-order valence-corrected chi connectivity index (χ2v) is 6.85. The summed E-state index contributed by atoms with van der Waals surface area (Å²) in [7, 11) is 3.13. The number of hydrogen-bond donors (Lipinski definition) is 0. The van der Waals surface area contributed by atoms with Crippen LogP contribution in [0.25, 0.3) is 5.65 Å². The Morgan fingerprint density at radius 1 is 1.00 bits per heavy atom. The molecule has 136 valence electrons. The van der Waals surface area contributed by atoms with Crippen LogP contribution in [0.3, 0.4) is 0 Å². The molecule has 7 heteroatoms. The molecule has 2 aromatic heterocycles. The number of halogens is 1. The molecule has 2 heterocycles. The van der Waals surface area contributed by atoms with Gasteiger partial charge >= 0.3 is 0 Å². The van der Waals surface area contributed by atoms with E-state index in [-0.39, 0.29) is 11.2 Å². The molecule has 0 fully saturated rings. The molecule has 26 heavy (non-hydrogen) atoms. The standard InChI is InChI=1S/C19H21FN4O2/c1-19(2,3)17-18(24-11-12(20)6-9-16(24)21-17)23-22-13-7-8-14(25-4)15(10-13)26-5/h6-11H,1-5H3. The summed E-state index contributed by atoms with van der Waals surface area (Å²) in [4.78, 5) is 4.60. The lowest BCUT2D eigenvalue weighted by atomic mass is 9.92. The van der Waals surface area contributed by atoms with E-state index in [1.165, 1.54) is 12.3 Å². The van der Waals surface area contributed by atoms with Crippen LogP contribution in [-0.2, 0) is 5.41 Å². The summed E-state index contributed by atoms with van der Waals surface area (Å²) in [6, 6.07) is 8.25. The fourth-order valence-corrected chi connectivity index (χ4v) is 2.60. The van der Waals surface area contributed by atoms with Crippen molar-refractivity contribution >= 4 is 17.2 Å². The summed E-state index contributed by atoms with van der Waals surface area (Å²) < 4.78 is 25.8. The van der Waals surface area contributed by atoms with Gasteiger partial charge in [0.05, 0.1) is 25.6 Å². The Balaban J connectivity index is 2.10. The third kappa shape index (κ3) is 3.37. The van der Waals surface area contributed by atoms with Gasteiger partial charge in [-0.15, -0.1) is 10.2 Å². The normalized spacial score (nSPS) is 12.1. The molecule has 6 nitrogen and oxygen atoms in total. The molecule has 0 aliphatic rings. The SMILES string of the molecule is COc1ccc(N=Nc2c(C(C)(C)C)nc3ccc(F)cn23)cc1OC. The van der Waals surface area contributed by atoms with Crippen molar-refractivity contribution in [1.29, 1.82) is 0 Å². The molecule has 0 amide bonds. The van der Waals surface area contributed by atoms with E-state index in [0.29, 0.717) is 28.7 Å². The Hall–Kier alpha value is -2.96. The smallest absolute Gasteiger partial charge is 0.183 e. The zero-order valence-electron chi connectivity index (χ0n) is 15.4. The predicted molar refractivity (Wildman–Crippen MR) is 97.6 cm³/mol. The number of ether oxygens (including phenoxy) is 2. The van der Waals surface area contributed by atoms with Crippen LogP contribution in [0.1, 0.15) is 26.5 Å². The summed E-state index contributed by atoms with van der Waals surface area (Å²) >= 11 is 0. The predicted octanol–water partition coefficient (Wildman–Crippen LogP) is 5.20. The lowest BCUT2D eigenvalue weighted by Crippen LogP contribution is -2.11. The van der Waals surface area contributed by atoms with Crippen molar-refractivity contribution < 1.29 is 13.9 Å². The van der Waals surface area contributed by atoms with Gasteiger partial charge in [0.15, 0.2) is 17.3 Å². The minimum atomic E-state index is -0.363. The molecular weight excluding hydrogens is 335 g/mol. The molecule has 0 spiro atoms. The first-order valence-corrected chi connectivity index (χ1v) is 8.15. The topological polar surface area (TPSA) is 60.5 Å². The third-order valence-electron chi connectivity index (χ3n) is 3.89. The number of imidazole rings is 1. The molecule has 3 rings (SSSR count). The average Bonchev–Trinajstić information content (AvgIpc) is 2.97. The first-order chi connectivity index (χ1) is 12.3. The van der Waals surface area contributed by atoms with Gasteiger partial charge in [0.2, 0.25) is 0 Å². The quantitative estimate of drug-likeness (QED) is 0.603. The number of azo groups is 1. The molecule has 0 atom stereocenters. The van der Waals surface area contributed by atoms with Gasteiger partial charge < -0.3 is 9.47 Å². The van der Waals surface area contributed by atoms with E-state index in [9.17, 15) is 4.39 Å². The van der Waals surface area contributed by atoms with Crippen molar-refractivity contribution in [3.05, 3.63) is 48.0 Å². The molecule has 0 bridgehead atoms. The first kappa shape index (κ1) is 17.8. The zero-order chi connectivity index (χ0) is 18.9. The van der Waals surface area contributed by atoms with Crippen LogP contribution in [-0.4, -0.2) is 23.6 Å². The van der Waals surface area contributed by atoms with E-state index in [2.05, 4.69) is 15.2 Å². The van der Waals surface area contributed by atoms with Crippen molar-refractivity contribution in [2.45, 2.75) is 26.2 Å². The molecule has 0 N–H and O–H groups in total. The average molecular weight is 356 g/mol. The van der Waals surface area contributed by atoms with Crippen LogP contribution in [0.4, 0.5) is 15.9 Å². The number of nitrogens with zero attached hydrogens (tertiary/aromatic N) is 4. The van der Waals surface area contributed by atoms with Crippen molar-refractivity contribution in [1.82, 2.24) is 9.38 Å². The second-order valence-electron chi connectivity index (χ2n) is 6.85. The van der Waals surface area contributed by atoms with Crippen molar-refractivity contribution in [2.75, 3.05) is 14.2 Å². The monoisotopic (exact) mass is 356 g/mol. The number of fused-ring (bicyclic) bond motifs is 1. The molecular formula is C19H21FN4O2. The van der Waals surface area contributed by atoms with Crippen LogP contribution in [0, 0.1) is 5.82 Å². The summed E-state index contributed by atoms with van der Waals surface area (Å²) in [5.41, 5.74) is 1.69. The van der Waals surface area contributed by atoms with Crippen LogP contribution in [0.15, 0.2) is 46.8 Å². The van der Waals surface area contributed by atoms with Gasteiger partial charge in [0.25, 0.3) is 0 Å².